The molecular formula is C12H17BO6S. The molecular weight excluding hydrogens is 283 g/mol. The molecule has 1 aromatic carbocycles. The van der Waals surface area contributed by atoms with E-state index in [2.05, 4.69) is 0 Å². The van der Waals surface area contributed by atoms with Crippen molar-refractivity contribution in [2.45, 2.75) is 31.3 Å². The topological polar surface area (TPSA) is 101 Å². The van der Waals surface area contributed by atoms with Crippen LogP contribution in [0.15, 0.2) is 29.2 Å². The van der Waals surface area contributed by atoms with Gasteiger partial charge in [-0.15, -0.1) is 0 Å². The van der Waals surface area contributed by atoms with Gasteiger partial charge in [-0.3, -0.25) is 4.79 Å². The van der Waals surface area contributed by atoms with Crippen LogP contribution < -0.4 is 5.46 Å². The molecule has 0 fully saturated rings. The molecule has 6 nitrogen and oxygen atoms in total. The first-order valence-electron chi connectivity index (χ1n) is 5.92. The maximum Gasteiger partial charge on any atom is 0.488 e. The highest BCUT2D eigenvalue weighted by molar-refractivity contribution is 7.92. The third kappa shape index (κ3) is 4.95. The van der Waals surface area contributed by atoms with Crippen molar-refractivity contribution in [3.05, 3.63) is 24.3 Å². The van der Waals surface area contributed by atoms with Gasteiger partial charge in [-0.25, -0.2) is 8.42 Å². The van der Waals surface area contributed by atoms with E-state index in [1.54, 1.807) is 20.8 Å². The normalized spacial score (nSPS) is 12.1. The number of sulfone groups is 1. The first-order chi connectivity index (χ1) is 9.01. The summed E-state index contributed by atoms with van der Waals surface area (Å²) in [6, 6.07) is 4.97. The Hall–Kier alpha value is -1.38. The molecule has 1 rings (SSSR count). The molecule has 0 aliphatic rings. The minimum Gasteiger partial charge on any atom is -0.459 e. The van der Waals surface area contributed by atoms with E-state index in [4.69, 9.17) is 14.8 Å². The van der Waals surface area contributed by atoms with Crippen LogP contribution in [0.5, 0.6) is 0 Å². The summed E-state index contributed by atoms with van der Waals surface area (Å²) in [6.45, 7) is 4.94. The molecule has 0 spiro atoms. The fraction of sp³-hybridized carbons (Fsp3) is 0.417. The molecule has 2 N–H and O–H groups in total. The standard InChI is InChI=1S/C12H17BO6S/c1-12(2,3)19-11(14)8-20(17,18)10-6-4-9(5-7-10)13(15)16/h4-7,15-16H,8H2,1-3H3. The summed E-state index contributed by atoms with van der Waals surface area (Å²) in [5, 5.41) is 17.8. The lowest BCUT2D eigenvalue weighted by molar-refractivity contribution is -0.151. The molecule has 0 aliphatic heterocycles. The molecule has 1 aromatic rings. The lowest BCUT2D eigenvalue weighted by Gasteiger charge is -2.19. The molecule has 8 heteroatoms. The van der Waals surface area contributed by atoms with E-state index in [1.165, 1.54) is 24.3 Å². The zero-order chi connectivity index (χ0) is 15.6. The Labute approximate surface area is 118 Å². The lowest BCUT2D eigenvalue weighted by Crippen LogP contribution is -2.30. The van der Waals surface area contributed by atoms with Crippen molar-refractivity contribution in [3.63, 3.8) is 0 Å². The average molecular weight is 300 g/mol. The zero-order valence-corrected chi connectivity index (χ0v) is 12.3. The molecule has 0 amide bonds. The zero-order valence-electron chi connectivity index (χ0n) is 11.5. The fourth-order valence-electron chi connectivity index (χ4n) is 1.46. The molecule has 0 bridgehead atoms. The summed E-state index contributed by atoms with van der Waals surface area (Å²) in [6.07, 6.45) is 0. The summed E-state index contributed by atoms with van der Waals surface area (Å²) < 4.78 is 28.9. The number of hydrogen-bond acceptors (Lipinski definition) is 6. The Morgan fingerprint density at radius 2 is 1.70 bits per heavy atom. The third-order valence-corrected chi connectivity index (χ3v) is 3.87. The van der Waals surface area contributed by atoms with Crippen molar-refractivity contribution in [1.29, 1.82) is 0 Å². The maximum absolute atomic E-state index is 12.0. The highest BCUT2D eigenvalue weighted by atomic mass is 32.2. The van der Waals surface area contributed by atoms with Gasteiger partial charge in [0.05, 0.1) is 4.90 Å². The monoisotopic (exact) mass is 300 g/mol. The number of ether oxygens (including phenoxy) is 1. The predicted octanol–water partition coefficient (Wildman–Crippen LogP) is -0.518. The van der Waals surface area contributed by atoms with Crippen LogP contribution >= 0.6 is 0 Å². The Kier molecular flexibility index (Phi) is 4.96. The van der Waals surface area contributed by atoms with Gasteiger partial charge >= 0.3 is 13.1 Å². The number of carbonyl (C=O) groups is 1. The van der Waals surface area contributed by atoms with Gasteiger partial charge in [-0.05, 0) is 38.4 Å². The van der Waals surface area contributed by atoms with Gasteiger partial charge in [0.15, 0.2) is 15.6 Å². The second-order valence-electron chi connectivity index (χ2n) is 5.29. The second-order valence-corrected chi connectivity index (χ2v) is 7.28. The average Bonchev–Trinajstić information content (AvgIpc) is 2.25. The molecule has 20 heavy (non-hydrogen) atoms. The van der Waals surface area contributed by atoms with Crippen LogP contribution in [0.2, 0.25) is 0 Å². The first-order valence-corrected chi connectivity index (χ1v) is 7.57. The number of rotatable bonds is 4. The minimum atomic E-state index is -3.81. The van der Waals surface area contributed by atoms with Gasteiger partial charge in [-0.1, -0.05) is 12.1 Å². The molecule has 0 saturated heterocycles. The molecule has 110 valence electrons. The van der Waals surface area contributed by atoms with Crippen molar-refractivity contribution in [3.8, 4) is 0 Å². The summed E-state index contributed by atoms with van der Waals surface area (Å²) in [5.41, 5.74) is -0.585. The number of carbonyl (C=O) groups excluding carboxylic acids is 1. The SMILES string of the molecule is CC(C)(C)OC(=O)CS(=O)(=O)c1ccc(B(O)O)cc1. The largest absolute Gasteiger partial charge is 0.488 e. The van der Waals surface area contributed by atoms with E-state index in [-0.39, 0.29) is 10.4 Å². The molecule has 0 atom stereocenters. The predicted molar refractivity (Wildman–Crippen MR) is 74.2 cm³/mol. The third-order valence-electron chi connectivity index (χ3n) is 2.27. The molecule has 0 unspecified atom stereocenters. The van der Waals surface area contributed by atoms with Crippen LogP contribution in [0.4, 0.5) is 0 Å². The van der Waals surface area contributed by atoms with Gasteiger partial charge in [-0.2, -0.15) is 0 Å². The fourth-order valence-corrected chi connectivity index (χ4v) is 2.54. The van der Waals surface area contributed by atoms with Crippen LogP contribution in [0.25, 0.3) is 0 Å². The van der Waals surface area contributed by atoms with Crippen LogP contribution in [0.1, 0.15) is 20.8 Å². The number of esters is 1. The van der Waals surface area contributed by atoms with Crippen molar-refractivity contribution >= 4 is 28.4 Å². The molecule has 0 heterocycles. The highest BCUT2D eigenvalue weighted by Crippen LogP contribution is 2.13. The maximum atomic E-state index is 12.0. The molecule has 0 radical (unpaired) electrons. The highest BCUT2D eigenvalue weighted by Gasteiger charge is 2.24. The van der Waals surface area contributed by atoms with Crippen LogP contribution in [-0.2, 0) is 19.4 Å². The van der Waals surface area contributed by atoms with E-state index in [0.717, 1.165) is 0 Å². The van der Waals surface area contributed by atoms with Gasteiger partial charge in [0.1, 0.15) is 5.60 Å². The van der Waals surface area contributed by atoms with E-state index < -0.39 is 34.3 Å². The van der Waals surface area contributed by atoms with Crippen molar-refractivity contribution in [2.24, 2.45) is 0 Å². The number of benzene rings is 1. The smallest absolute Gasteiger partial charge is 0.459 e. The minimum absolute atomic E-state index is 0.0761. The van der Waals surface area contributed by atoms with E-state index >= 15 is 0 Å². The molecule has 0 aliphatic carbocycles. The first kappa shape index (κ1) is 16.7. The van der Waals surface area contributed by atoms with Gasteiger partial charge in [0.25, 0.3) is 0 Å². The molecule has 0 saturated carbocycles. The van der Waals surface area contributed by atoms with E-state index in [0.29, 0.717) is 0 Å². The van der Waals surface area contributed by atoms with Gasteiger partial charge in [0, 0.05) is 0 Å². The summed E-state index contributed by atoms with van der Waals surface area (Å²) in [5.74, 6) is -1.59. The summed E-state index contributed by atoms with van der Waals surface area (Å²) in [4.78, 5) is 11.5. The Balaban J connectivity index is 2.86. The molecule has 0 aromatic heterocycles. The van der Waals surface area contributed by atoms with Crippen LogP contribution in [0.3, 0.4) is 0 Å². The summed E-state index contributed by atoms with van der Waals surface area (Å²) in [7, 11) is -5.48. The van der Waals surface area contributed by atoms with Gasteiger partial charge < -0.3 is 14.8 Å². The van der Waals surface area contributed by atoms with E-state index in [9.17, 15) is 13.2 Å². The van der Waals surface area contributed by atoms with Crippen molar-refractivity contribution in [2.75, 3.05) is 5.75 Å². The van der Waals surface area contributed by atoms with E-state index in [1.807, 2.05) is 0 Å². The second kappa shape index (κ2) is 5.95. The quantitative estimate of drug-likeness (QED) is 0.573. The van der Waals surface area contributed by atoms with Gasteiger partial charge in [0.2, 0.25) is 0 Å². The van der Waals surface area contributed by atoms with Crippen LogP contribution in [-0.4, -0.2) is 42.9 Å². The van der Waals surface area contributed by atoms with Crippen molar-refractivity contribution < 1.29 is 28.0 Å². The Morgan fingerprint density at radius 1 is 1.20 bits per heavy atom. The number of hydrogen-bond donors (Lipinski definition) is 2. The summed E-state index contributed by atoms with van der Waals surface area (Å²) >= 11 is 0. The Morgan fingerprint density at radius 3 is 2.10 bits per heavy atom. The van der Waals surface area contributed by atoms with Crippen LogP contribution in [0, 0.1) is 0 Å². The van der Waals surface area contributed by atoms with Crippen molar-refractivity contribution in [1.82, 2.24) is 0 Å². The lowest BCUT2D eigenvalue weighted by atomic mass is 9.81. The Bertz CT molecular complexity index is 571.